The van der Waals surface area contributed by atoms with Gasteiger partial charge in [-0.05, 0) is 30.7 Å². The van der Waals surface area contributed by atoms with Gasteiger partial charge in [-0.3, -0.25) is 0 Å². The third kappa shape index (κ3) is 2.43. The molecule has 4 nitrogen and oxygen atoms in total. The Morgan fingerprint density at radius 3 is 3.05 bits per heavy atom. The Balaban J connectivity index is 1.61. The molecule has 3 aromatic rings. The summed E-state index contributed by atoms with van der Waals surface area (Å²) in [5.41, 5.74) is 3.14. The lowest BCUT2D eigenvalue weighted by Crippen LogP contribution is -2.21. The van der Waals surface area contributed by atoms with Gasteiger partial charge >= 0.3 is 0 Å². The van der Waals surface area contributed by atoms with E-state index < -0.39 is 0 Å². The highest BCUT2D eigenvalue weighted by Gasteiger charge is 2.19. The van der Waals surface area contributed by atoms with Crippen LogP contribution in [0, 0.1) is 11.8 Å². The van der Waals surface area contributed by atoms with Crippen LogP contribution in [0.2, 0.25) is 0 Å². The van der Waals surface area contributed by atoms with Crippen molar-refractivity contribution in [3.63, 3.8) is 0 Å². The largest absolute Gasteiger partial charge is 0.368 e. The van der Waals surface area contributed by atoms with Crippen LogP contribution in [0.4, 0.5) is 5.82 Å². The molecule has 4 rings (SSSR count). The Bertz CT molecular complexity index is 792. The van der Waals surface area contributed by atoms with Crippen molar-refractivity contribution in [2.24, 2.45) is 11.8 Å². The van der Waals surface area contributed by atoms with E-state index in [4.69, 9.17) is 0 Å². The lowest BCUT2D eigenvalue weighted by Gasteiger charge is -2.26. The molecule has 0 aliphatic heterocycles. The minimum Gasteiger partial charge on any atom is -0.368 e. The highest BCUT2D eigenvalue weighted by molar-refractivity contribution is 6.07. The van der Waals surface area contributed by atoms with Gasteiger partial charge in [-0.15, -0.1) is 0 Å². The van der Waals surface area contributed by atoms with E-state index in [2.05, 4.69) is 39.3 Å². The van der Waals surface area contributed by atoms with Crippen LogP contribution >= 0.6 is 0 Å². The number of nitrogens with one attached hydrogen (secondary N) is 2. The molecule has 1 saturated carbocycles. The number of anilines is 1. The average Bonchev–Trinajstić information content (AvgIpc) is 2.92. The molecule has 1 unspecified atom stereocenters. The normalized spacial score (nSPS) is 22.2. The van der Waals surface area contributed by atoms with Crippen molar-refractivity contribution < 1.29 is 0 Å². The summed E-state index contributed by atoms with van der Waals surface area (Å²) in [5.74, 6) is 2.55. The van der Waals surface area contributed by atoms with Crippen LogP contribution in [0.1, 0.15) is 32.6 Å². The van der Waals surface area contributed by atoms with E-state index in [1.54, 1.807) is 6.33 Å². The molecular weight excluding hydrogens is 272 g/mol. The minimum atomic E-state index is 0.762. The van der Waals surface area contributed by atoms with Crippen molar-refractivity contribution in [2.75, 3.05) is 11.9 Å². The summed E-state index contributed by atoms with van der Waals surface area (Å²) in [6.07, 6.45) is 7.07. The van der Waals surface area contributed by atoms with Crippen molar-refractivity contribution >= 4 is 27.8 Å². The number of hydrogen-bond donors (Lipinski definition) is 2. The fourth-order valence-electron chi connectivity index (χ4n) is 3.76. The molecule has 114 valence electrons. The Hall–Kier alpha value is -2.10. The van der Waals surface area contributed by atoms with Gasteiger partial charge in [-0.25, -0.2) is 9.97 Å². The SMILES string of the molecule is C[C@H]1CCCC(CNc2ncnc3c2[nH]c2ccccc23)C1. The first kappa shape index (κ1) is 13.6. The molecule has 1 aliphatic carbocycles. The van der Waals surface area contributed by atoms with Crippen molar-refractivity contribution in [2.45, 2.75) is 32.6 Å². The fourth-order valence-corrected chi connectivity index (χ4v) is 3.76. The molecule has 22 heavy (non-hydrogen) atoms. The second-order valence-corrected chi connectivity index (χ2v) is 6.64. The minimum absolute atomic E-state index is 0.762. The van der Waals surface area contributed by atoms with Gasteiger partial charge in [0, 0.05) is 17.4 Å². The zero-order chi connectivity index (χ0) is 14.9. The van der Waals surface area contributed by atoms with Crippen molar-refractivity contribution in [1.82, 2.24) is 15.0 Å². The maximum Gasteiger partial charge on any atom is 0.153 e. The van der Waals surface area contributed by atoms with Crippen LogP contribution in [0.3, 0.4) is 0 Å². The van der Waals surface area contributed by atoms with Gasteiger partial charge in [0.1, 0.15) is 17.4 Å². The Morgan fingerprint density at radius 1 is 1.23 bits per heavy atom. The fraction of sp³-hybridized carbons (Fsp3) is 0.444. The molecule has 0 spiro atoms. The highest BCUT2D eigenvalue weighted by Crippen LogP contribution is 2.30. The number of fused-ring (bicyclic) bond motifs is 3. The first-order valence-electron chi connectivity index (χ1n) is 8.26. The molecule has 0 bridgehead atoms. The van der Waals surface area contributed by atoms with E-state index in [0.717, 1.165) is 46.1 Å². The molecule has 2 atom stereocenters. The number of rotatable bonds is 3. The molecule has 0 saturated heterocycles. The van der Waals surface area contributed by atoms with Gasteiger partial charge in [0.15, 0.2) is 5.82 Å². The summed E-state index contributed by atoms with van der Waals surface area (Å²) in [7, 11) is 0. The lowest BCUT2D eigenvalue weighted by atomic mass is 9.82. The summed E-state index contributed by atoms with van der Waals surface area (Å²) in [5, 5.41) is 4.72. The summed E-state index contributed by atoms with van der Waals surface area (Å²) in [6.45, 7) is 3.37. The predicted molar refractivity (Wildman–Crippen MR) is 91.0 cm³/mol. The van der Waals surface area contributed by atoms with E-state index in [-0.39, 0.29) is 0 Å². The molecule has 0 amide bonds. The summed E-state index contributed by atoms with van der Waals surface area (Å²) in [6, 6.07) is 8.28. The summed E-state index contributed by atoms with van der Waals surface area (Å²) in [4.78, 5) is 12.4. The second kappa shape index (κ2) is 5.59. The first-order chi connectivity index (χ1) is 10.8. The van der Waals surface area contributed by atoms with Gasteiger partial charge < -0.3 is 10.3 Å². The van der Waals surface area contributed by atoms with Crippen LogP contribution in [0.25, 0.3) is 21.9 Å². The number of aromatic nitrogens is 3. The topological polar surface area (TPSA) is 53.6 Å². The Labute approximate surface area is 130 Å². The molecule has 2 aromatic heterocycles. The Morgan fingerprint density at radius 2 is 2.14 bits per heavy atom. The third-order valence-corrected chi connectivity index (χ3v) is 4.89. The molecule has 4 heteroatoms. The summed E-state index contributed by atoms with van der Waals surface area (Å²) < 4.78 is 0. The monoisotopic (exact) mass is 294 g/mol. The molecule has 2 heterocycles. The first-order valence-corrected chi connectivity index (χ1v) is 8.26. The number of nitrogens with zero attached hydrogens (tertiary/aromatic N) is 2. The van der Waals surface area contributed by atoms with Crippen molar-refractivity contribution in [1.29, 1.82) is 0 Å². The molecule has 1 fully saturated rings. The van der Waals surface area contributed by atoms with Crippen LogP contribution in [-0.2, 0) is 0 Å². The molecular formula is C18H22N4. The third-order valence-electron chi connectivity index (χ3n) is 4.89. The zero-order valence-electron chi connectivity index (χ0n) is 13.0. The van der Waals surface area contributed by atoms with Gasteiger partial charge in [-0.1, -0.05) is 38.0 Å². The van der Waals surface area contributed by atoms with Crippen molar-refractivity contribution in [3.05, 3.63) is 30.6 Å². The molecule has 0 radical (unpaired) electrons. The number of aromatic amines is 1. The quantitative estimate of drug-likeness (QED) is 0.755. The second-order valence-electron chi connectivity index (χ2n) is 6.64. The number of benzene rings is 1. The van der Waals surface area contributed by atoms with E-state index in [1.807, 2.05) is 12.1 Å². The number of hydrogen-bond acceptors (Lipinski definition) is 3. The van der Waals surface area contributed by atoms with Crippen LogP contribution in [0.5, 0.6) is 0 Å². The molecule has 2 N–H and O–H groups in total. The van der Waals surface area contributed by atoms with E-state index >= 15 is 0 Å². The van der Waals surface area contributed by atoms with Gasteiger partial charge in [0.2, 0.25) is 0 Å². The molecule has 1 aliphatic rings. The van der Waals surface area contributed by atoms with E-state index in [0.29, 0.717) is 0 Å². The maximum absolute atomic E-state index is 4.45. The van der Waals surface area contributed by atoms with E-state index in [9.17, 15) is 0 Å². The van der Waals surface area contributed by atoms with Gasteiger partial charge in [0.25, 0.3) is 0 Å². The van der Waals surface area contributed by atoms with Gasteiger partial charge in [-0.2, -0.15) is 0 Å². The average molecular weight is 294 g/mol. The van der Waals surface area contributed by atoms with Crippen LogP contribution < -0.4 is 5.32 Å². The van der Waals surface area contributed by atoms with Crippen LogP contribution in [0.15, 0.2) is 30.6 Å². The standard InChI is InChI=1S/C18H22N4/c1-12-5-4-6-13(9-12)10-19-18-17-16(20-11-21-18)14-7-2-3-8-15(14)22-17/h2-3,7-8,11-13,22H,4-6,9-10H2,1H3,(H,19,20,21)/t12-,13?/m0/s1. The predicted octanol–water partition coefficient (Wildman–Crippen LogP) is 4.35. The number of para-hydroxylation sites is 1. The summed E-state index contributed by atoms with van der Waals surface area (Å²) >= 11 is 0. The smallest absolute Gasteiger partial charge is 0.153 e. The maximum atomic E-state index is 4.45. The lowest BCUT2D eigenvalue weighted by molar-refractivity contribution is 0.293. The number of H-pyrrole nitrogens is 1. The van der Waals surface area contributed by atoms with Crippen molar-refractivity contribution in [3.8, 4) is 0 Å². The van der Waals surface area contributed by atoms with E-state index in [1.165, 1.54) is 25.7 Å². The Kier molecular flexibility index (Phi) is 3.45. The zero-order valence-corrected chi connectivity index (χ0v) is 13.0. The highest BCUT2D eigenvalue weighted by atomic mass is 15.0. The van der Waals surface area contributed by atoms with Gasteiger partial charge in [0.05, 0.1) is 0 Å². The van der Waals surface area contributed by atoms with Crippen LogP contribution in [-0.4, -0.2) is 21.5 Å². The molecule has 1 aromatic carbocycles.